The highest BCUT2D eigenvalue weighted by molar-refractivity contribution is 5.45. The summed E-state index contributed by atoms with van der Waals surface area (Å²) in [7, 11) is 2.09. The lowest BCUT2D eigenvalue weighted by molar-refractivity contribution is 0.154. The van der Waals surface area contributed by atoms with Gasteiger partial charge in [0.25, 0.3) is 0 Å². The van der Waals surface area contributed by atoms with Gasteiger partial charge in [-0.1, -0.05) is 0 Å². The summed E-state index contributed by atoms with van der Waals surface area (Å²) in [5.41, 5.74) is 2.32. The van der Waals surface area contributed by atoms with Gasteiger partial charge in [0.1, 0.15) is 0 Å². The number of ether oxygens (including phenoxy) is 1. The molecule has 0 aliphatic heterocycles. The zero-order valence-electron chi connectivity index (χ0n) is 11.4. The molecule has 1 heterocycles. The zero-order valence-corrected chi connectivity index (χ0v) is 11.4. The minimum absolute atomic E-state index is 0.728. The Morgan fingerprint density at radius 3 is 3.06 bits per heavy atom. The molecule has 100 valence electrons. The highest BCUT2D eigenvalue weighted by Gasteiger charge is 2.20. The molecule has 0 amide bonds. The second-order valence-corrected chi connectivity index (χ2v) is 4.78. The molecule has 1 aliphatic rings. The molecule has 1 N–H and O–H groups in total. The van der Waals surface area contributed by atoms with E-state index in [1.807, 2.05) is 19.2 Å². The topological polar surface area (TPSA) is 37.4 Å². The van der Waals surface area contributed by atoms with Crippen LogP contribution in [0.15, 0.2) is 18.3 Å². The summed E-state index contributed by atoms with van der Waals surface area (Å²) in [6, 6.07) is 4.93. The fraction of sp³-hybridized carbons (Fsp3) is 0.643. The van der Waals surface area contributed by atoms with Crippen LogP contribution in [-0.4, -0.2) is 37.8 Å². The zero-order chi connectivity index (χ0) is 12.8. The molecule has 18 heavy (non-hydrogen) atoms. The van der Waals surface area contributed by atoms with Crippen LogP contribution in [0.3, 0.4) is 0 Å². The van der Waals surface area contributed by atoms with Gasteiger partial charge in [-0.05, 0) is 31.9 Å². The van der Waals surface area contributed by atoms with Gasteiger partial charge in [0, 0.05) is 44.7 Å². The fourth-order valence-corrected chi connectivity index (χ4v) is 1.81. The van der Waals surface area contributed by atoms with Gasteiger partial charge in [-0.15, -0.1) is 0 Å². The van der Waals surface area contributed by atoms with Crippen molar-refractivity contribution in [3.05, 3.63) is 24.0 Å². The fourth-order valence-electron chi connectivity index (χ4n) is 1.81. The smallest absolute Gasteiger partial charge is 0.0641 e. The normalized spacial score (nSPS) is 14.8. The first-order chi connectivity index (χ1) is 8.79. The average Bonchev–Trinajstić information content (AvgIpc) is 3.21. The van der Waals surface area contributed by atoms with Crippen LogP contribution in [0.1, 0.15) is 25.5 Å². The Balaban J connectivity index is 1.84. The first-order valence-electron chi connectivity index (χ1n) is 6.76. The lowest BCUT2D eigenvalue weighted by atomic mass is 10.3. The Morgan fingerprint density at radius 2 is 2.33 bits per heavy atom. The maximum Gasteiger partial charge on any atom is 0.0641 e. The van der Waals surface area contributed by atoms with Crippen LogP contribution in [0, 0.1) is 0 Å². The second kappa shape index (κ2) is 6.71. The van der Waals surface area contributed by atoms with Crippen LogP contribution >= 0.6 is 0 Å². The highest BCUT2D eigenvalue weighted by atomic mass is 16.5. The van der Waals surface area contributed by atoms with Crippen molar-refractivity contribution in [2.75, 3.05) is 31.7 Å². The third kappa shape index (κ3) is 4.27. The van der Waals surface area contributed by atoms with Crippen molar-refractivity contribution < 1.29 is 4.74 Å². The number of nitrogens with one attached hydrogen (secondary N) is 1. The van der Waals surface area contributed by atoms with Crippen molar-refractivity contribution in [1.29, 1.82) is 0 Å². The Bertz CT molecular complexity index is 366. The molecule has 0 aromatic carbocycles. The second-order valence-electron chi connectivity index (χ2n) is 4.78. The van der Waals surface area contributed by atoms with Crippen molar-refractivity contribution in [3.63, 3.8) is 0 Å². The number of aromatic nitrogens is 1. The molecule has 1 fully saturated rings. The maximum atomic E-state index is 5.37. The molecular formula is C14H23N3O. The lowest BCUT2D eigenvalue weighted by Crippen LogP contribution is -2.23. The quantitative estimate of drug-likeness (QED) is 0.713. The predicted molar refractivity (Wildman–Crippen MR) is 73.9 cm³/mol. The van der Waals surface area contributed by atoms with Crippen LogP contribution in [-0.2, 0) is 11.3 Å². The minimum atomic E-state index is 0.728. The van der Waals surface area contributed by atoms with E-state index in [1.165, 1.54) is 18.5 Å². The van der Waals surface area contributed by atoms with E-state index in [0.29, 0.717) is 0 Å². The van der Waals surface area contributed by atoms with E-state index in [1.54, 1.807) is 0 Å². The van der Waals surface area contributed by atoms with Gasteiger partial charge >= 0.3 is 0 Å². The molecule has 4 nitrogen and oxygen atoms in total. The molecule has 0 atom stereocenters. The van der Waals surface area contributed by atoms with E-state index < -0.39 is 0 Å². The van der Waals surface area contributed by atoms with Gasteiger partial charge < -0.3 is 15.0 Å². The third-order valence-corrected chi connectivity index (χ3v) is 3.17. The number of hydrogen-bond donors (Lipinski definition) is 1. The van der Waals surface area contributed by atoms with E-state index >= 15 is 0 Å². The van der Waals surface area contributed by atoms with Crippen molar-refractivity contribution in [2.24, 2.45) is 0 Å². The maximum absolute atomic E-state index is 5.37. The van der Waals surface area contributed by atoms with E-state index in [9.17, 15) is 0 Å². The number of likely N-dealkylation sites (N-methyl/N-ethyl adjacent to an activating group) is 1. The van der Waals surface area contributed by atoms with Gasteiger partial charge in [0.05, 0.1) is 12.3 Å². The van der Waals surface area contributed by atoms with Crippen molar-refractivity contribution in [1.82, 2.24) is 10.3 Å². The molecule has 0 bridgehead atoms. The number of nitrogens with zero attached hydrogens (tertiary/aromatic N) is 2. The number of hydrogen-bond acceptors (Lipinski definition) is 4. The summed E-state index contributed by atoms with van der Waals surface area (Å²) in [5, 5.41) is 3.49. The molecule has 0 spiro atoms. The molecule has 1 saturated carbocycles. The monoisotopic (exact) mass is 249 g/mol. The molecule has 1 aromatic rings. The summed E-state index contributed by atoms with van der Waals surface area (Å²) >= 11 is 0. The summed E-state index contributed by atoms with van der Waals surface area (Å²) < 4.78 is 5.37. The SMILES string of the molecule is CCOCCN(C)c1ccnc(CNC2CC2)c1. The van der Waals surface area contributed by atoms with Crippen LogP contribution in [0.5, 0.6) is 0 Å². The van der Waals surface area contributed by atoms with Gasteiger partial charge in [0.15, 0.2) is 0 Å². The standard InChI is InChI=1S/C14H23N3O/c1-3-18-9-8-17(2)14-6-7-15-13(10-14)11-16-12-4-5-12/h6-7,10,12,16H,3-5,8-9,11H2,1-2H3. The Kier molecular flexibility index (Phi) is 4.96. The van der Waals surface area contributed by atoms with Crippen LogP contribution in [0.2, 0.25) is 0 Å². The average molecular weight is 249 g/mol. The predicted octanol–water partition coefficient (Wildman–Crippen LogP) is 1.81. The molecule has 0 saturated heterocycles. The van der Waals surface area contributed by atoms with Crippen LogP contribution < -0.4 is 10.2 Å². The third-order valence-electron chi connectivity index (χ3n) is 3.17. The summed E-state index contributed by atoms with van der Waals surface area (Å²) in [6.07, 6.45) is 4.51. The summed E-state index contributed by atoms with van der Waals surface area (Å²) in [6.45, 7) is 5.35. The Morgan fingerprint density at radius 1 is 1.50 bits per heavy atom. The van der Waals surface area contributed by atoms with Crippen LogP contribution in [0.25, 0.3) is 0 Å². The van der Waals surface area contributed by atoms with E-state index in [0.717, 1.165) is 38.0 Å². The van der Waals surface area contributed by atoms with Gasteiger partial charge in [-0.2, -0.15) is 0 Å². The lowest BCUT2D eigenvalue weighted by Gasteiger charge is -2.19. The van der Waals surface area contributed by atoms with Crippen molar-refractivity contribution in [3.8, 4) is 0 Å². The van der Waals surface area contributed by atoms with E-state index in [-0.39, 0.29) is 0 Å². The number of rotatable bonds is 8. The van der Waals surface area contributed by atoms with Crippen molar-refractivity contribution in [2.45, 2.75) is 32.4 Å². The molecule has 2 rings (SSSR count). The highest BCUT2D eigenvalue weighted by Crippen LogP contribution is 2.19. The Hall–Kier alpha value is -1.13. The molecule has 1 aromatic heterocycles. The largest absolute Gasteiger partial charge is 0.380 e. The first kappa shape index (κ1) is 13.3. The van der Waals surface area contributed by atoms with E-state index in [2.05, 4.69) is 28.3 Å². The van der Waals surface area contributed by atoms with Crippen molar-refractivity contribution >= 4 is 5.69 Å². The van der Waals surface area contributed by atoms with Gasteiger partial charge in [-0.3, -0.25) is 4.98 Å². The van der Waals surface area contributed by atoms with Gasteiger partial charge in [-0.25, -0.2) is 0 Å². The number of pyridine rings is 1. The molecular weight excluding hydrogens is 226 g/mol. The molecule has 0 radical (unpaired) electrons. The van der Waals surface area contributed by atoms with Crippen LogP contribution in [0.4, 0.5) is 5.69 Å². The number of anilines is 1. The summed E-state index contributed by atoms with van der Waals surface area (Å²) in [5.74, 6) is 0. The Labute approximate surface area is 109 Å². The first-order valence-corrected chi connectivity index (χ1v) is 6.76. The minimum Gasteiger partial charge on any atom is -0.380 e. The van der Waals surface area contributed by atoms with E-state index in [4.69, 9.17) is 4.74 Å². The molecule has 0 unspecified atom stereocenters. The molecule has 1 aliphatic carbocycles. The molecule has 4 heteroatoms. The van der Waals surface area contributed by atoms with Gasteiger partial charge in [0.2, 0.25) is 0 Å². The summed E-state index contributed by atoms with van der Waals surface area (Å²) in [4.78, 5) is 6.60.